The molecule has 3 aromatic carbocycles. The quantitative estimate of drug-likeness (QED) is 0.300. The van der Waals surface area contributed by atoms with Gasteiger partial charge in [-0.2, -0.15) is 0 Å². The number of carbonyl (C=O) groups is 3. The van der Waals surface area contributed by atoms with Gasteiger partial charge in [-0.3, -0.25) is 29.2 Å². The smallest absolute Gasteiger partial charge is 0.293 e. The van der Waals surface area contributed by atoms with Gasteiger partial charge >= 0.3 is 0 Å². The fourth-order valence-electron chi connectivity index (χ4n) is 5.70. The Bertz CT molecular complexity index is 1790. The molecule has 3 aliphatic heterocycles. The second-order valence-electron chi connectivity index (χ2n) is 10.6. The van der Waals surface area contributed by atoms with E-state index in [9.17, 15) is 14.4 Å². The van der Waals surface area contributed by atoms with E-state index >= 15 is 0 Å². The highest BCUT2D eigenvalue weighted by Gasteiger charge is 2.35. The van der Waals surface area contributed by atoms with Crippen LogP contribution in [-0.2, 0) is 24.3 Å². The first-order chi connectivity index (χ1) is 21.0. The largest absolute Gasteiger partial charge is 0.454 e. The molecule has 0 saturated carbocycles. The van der Waals surface area contributed by atoms with Crippen molar-refractivity contribution in [3.05, 3.63) is 106 Å². The predicted octanol–water partition coefficient (Wildman–Crippen LogP) is 4.99. The zero-order valence-electron chi connectivity index (χ0n) is 23.2. The average molecular weight is 593 g/mol. The Balaban J connectivity index is 1.06. The summed E-state index contributed by atoms with van der Waals surface area (Å²) >= 11 is 0.886. The normalized spacial score (nSPS) is 17.1. The number of fused-ring (bicyclic) bond motifs is 3. The number of para-hydroxylation sites is 1. The number of hydrogen-bond acceptors (Lipinski definition) is 8. The molecule has 3 amide bonds. The van der Waals surface area contributed by atoms with Crippen LogP contribution in [0.2, 0.25) is 0 Å². The number of carbonyl (C=O) groups excluding carboxylic acids is 3. The Morgan fingerprint density at radius 1 is 1.00 bits per heavy atom. The molecule has 0 spiro atoms. The third-order valence-corrected chi connectivity index (χ3v) is 8.70. The molecule has 0 atom stereocenters. The Morgan fingerprint density at radius 3 is 2.70 bits per heavy atom. The maximum Gasteiger partial charge on any atom is 0.293 e. The molecule has 1 fully saturated rings. The zero-order valence-corrected chi connectivity index (χ0v) is 24.1. The third kappa shape index (κ3) is 5.47. The molecule has 10 heteroatoms. The van der Waals surface area contributed by atoms with Gasteiger partial charge in [-0.15, -0.1) is 0 Å². The summed E-state index contributed by atoms with van der Waals surface area (Å²) in [4.78, 5) is 48.3. The predicted molar refractivity (Wildman–Crippen MR) is 164 cm³/mol. The van der Waals surface area contributed by atoms with Crippen LogP contribution in [0.4, 0.5) is 4.79 Å². The van der Waals surface area contributed by atoms with Crippen molar-refractivity contribution in [2.45, 2.75) is 19.5 Å². The number of benzene rings is 3. The van der Waals surface area contributed by atoms with Crippen molar-refractivity contribution < 1.29 is 23.9 Å². The van der Waals surface area contributed by atoms with E-state index in [1.165, 1.54) is 10.5 Å². The first-order valence-electron chi connectivity index (χ1n) is 14.1. The fourth-order valence-corrected chi connectivity index (χ4v) is 6.56. The molecule has 7 rings (SSSR count). The number of pyridine rings is 1. The Kier molecular flexibility index (Phi) is 7.30. The molecular weight excluding hydrogens is 564 g/mol. The number of amides is 3. The van der Waals surface area contributed by atoms with Crippen LogP contribution < -0.4 is 14.8 Å². The second kappa shape index (κ2) is 11.5. The van der Waals surface area contributed by atoms with Crippen LogP contribution in [0, 0.1) is 0 Å². The van der Waals surface area contributed by atoms with Gasteiger partial charge in [-0.05, 0) is 47.2 Å². The van der Waals surface area contributed by atoms with E-state index in [4.69, 9.17) is 14.5 Å². The minimum absolute atomic E-state index is 0.0697. The molecule has 3 aliphatic rings. The maximum absolute atomic E-state index is 13.7. The lowest BCUT2D eigenvalue weighted by Gasteiger charge is -2.30. The van der Waals surface area contributed by atoms with Crippen molar-refractivity contribution >= 4 is 45.8 Å². The van der Waals surface area contributed by atoms with Crippen LogP contribution >= 0.6 is 11.8 Å². The van der Waals surface area contributed by atoms with Gasteiger partial charge in [0.2, 0.25) is 6.79 Å². The molecule has 1 saturated heterocycles. The second-order valence-corrected chi connectivity index (χ2v) is 11.6. The van der Waals surface area contributed by atoms with Gasteiger partial charge in [0.05, 0.1) is 16.0 Å². The van der Waals surface area contributed by atoms with Gasteiger partial charge in [0.1, 0.15) is 0 Å². The minimum Gasteiger partial charge on any atom is -0.454 e. The molecule has 0 bridgehead atoms. The molecule has 1 aromatic heterocycles. The Labute approximate surface area is 252 Å². The van der Waals surface area contributed by atoms with Crippen molar-refractivity contribution in [1.82, 2.24) is 20.1 Å². The third-order valence-electron chi connectivity index (χ3n) is 7.79. The van der Waals surface area contributed by atoms with Gasteiger partial charge in [0, 0.05) is 55.8 Å². The van der Waals surface area contributed by atoms with Crippen LogP contribution in [-0.4, -0.2) is 58.3 Å². The van der Waals surface area contributed by atoms with E-state index in [-0.39, 0.29) is 36.9 Å². The van der Waals surface area contributed by atoms with Gasteiger partial charge in [0.25, 0.3) is 17.1 Å². The zero-order chi connectivity index (χ0) is 29.3. The molecule has 216 valence electrons. The van der Waals surface area contributed by atoms with Crippen molar-refractivity contribution in [3.8, 4) is 11.5 Å². The highest BCUT2D eigenvalue weighted by molar-refractivity contribution is 8.18. The SMILES string of the molecule is O=C(NCCN1C(=O)S/C(=C\c2ccc3c(c2)OCO3)C1=O)c1c2c(nc3ccccc13)CCN(Cc1ccccc1)C2. The topological polar surface area (TPSA) is 101 Å². The number of nitrogens with one attached hydrogen (secondary N) is 1. The van der Waals surface area contributed by atoms with Crippen LogP contribution in [0.25, 0.3) is 17.0 Å². The van der Waals surface area contributed by atoms with Crippen molar-refractivity contribution in [2.24, 2.45) is 0 Å². The van der Waals surface area contributed by atoms with Crippen LogP contribution in [0.15, 0.2) is 77.7 Å². The van der Waals surface area contributed by atoms with Crippen LogP contribution in [0.5, 0.6) is 11.5 Å². The maximum atomic E-state index is 13.7. The average Bonchev–Trinajstić information content (AvgIpc) is 3.59. The number of thioether (sulfide) groups is 1. The molecule has 4 heterocycles. The minimum atomic E-state index is -0.384. The van der Waals surface area contributed by atoms with Gasteiger partial charge in [-0.25, -0.2) is 0 Å². The summed E-state index contributed by atoms with van der Waals surface area (Å²) in [5.41, 5.74) is 5.20. The highest BCUT2D eigenvalue weighted by atomic mass is 32.2. The summed E-state index contributed by atoms with van der Waals surface area (Å²) in [7, 11) is 0. The molecule has 0 unspecified atom stereocenters. The van der Waals surface area contributed by atoms with Crippen LogP contribution in [0.3, 0.4) is 0 Å². The van der Waals surface area contributed by atoms with Crippen LogP contribution in [0.1, 0.15) is 32.7 Å². The van der Waals surface area contributed by atoms with Crippen molar-refractivity contribution in [3.63, 3.8) is 0 Å². The first-order valence-corrected chi connectivity index (χ1v) is 14.9. The van der Waals surface area contributed by atoms with E-state index in [1.807, 2.05) is 48.5 Å². The molecule has 0 radical (unpaired) electrons. The molecule has 1 N–H and O–H groups in total. The summed E-state index contributed by atoms with van der Waals surface area (Å²) in [5.74, 6) is 0.627. The highest BCUT2D eigenvalue weighted by Crippen LogP contribution is 2.36. The number of nitrogens with zero attached hydrogens (tertiary/aromatic N) is 3. The van der Waals surface area contributed by atoms with Gasteiger partial charge in [-0.1, -0.05) is 54.6 Å². The standard InChI is InChI=1S/C33H28N4O5S/c38-31(34-13-15-37-32(39)29(43-33(37)40)17-22-10-11-27-28(16-22)42-20-41-27)30-23-8-4-5-9-25(23)35-26-12-14-36(19-24(26)30)18-21-6-2-1-3-7-21/h1-11,16-17H,12-15,18-20H2,(H,34,38)/b29-17-. The summed E-state index contributed by atoms with van der Waals surface area (Å²) in [6, 6.07) is 23.3. The first kappa shape index (κ1) is 27.2. The van der Waals surface area contributed by atoms with Crippen molar-refractivity contribution in [2.75, 3.05) is 26.4 Å². The summed E-state index contributed by atoms with van der Waals surface area (Å²) in [6.07, 6.45) is 2.42. The monoisotopic (exact) mass is 592 g/mol. The molecule has 4 aromatic rings. The molecule has 9 nitrogen and oxygen atoms in total. The molecule has 0 aliphatic carbocycles. The lowest BCUT2D eigenvalue weighted by atomic mass is 9.95. The lowest BCUT2D eigenvalue weighted by Crippen LogP contribution is -2.38. The number of aromatic nitrogens is 1. The number of hydrogen-bond donors (Lipinski definition) is 1. The van der Waals surface area contributed by atoms with E-state index in [0.717, 1.165) is 59.0 Å². The number of imide groups is 1. The Morgan fingerprint density at radius 2 is 1.81 bits per heavy atom. The number of ether oxygens (including phenoxy) is 2. The van der Waals surface area contributed by atoms with Crippen molar-refractivity contribution in [1.29, 1.82) is 0 Å². The summed E-state index contributed by atoms with van der Waals surface area (Å²) in [5, 5.41) is 3.40. The van der Waals surface area contributed by atoms with E-state index in [1.54, 1.807) is 18.2 Å². The fraction of sp³-hybridized carbons (Fsp3) is 0.212. The van der Waals surface area contributed by atoms with E-state index in [2.05, 4.69) is 22.3 Å². The molecule has 43 heavy (non-hydrogen) atoms. The molecular formula is C33H28N4O5S. The van der Waals surface area contributed by atoms with E-state index in [0.29, 0.717) is 28.5 Å². The summed E-state index contributed by atoms with van der Waals surface area (Å²) in [6.45, 7) is 2.61. The van der Waals surface area contributed by atoms with Gasteiger partial charge < -0.3 is 14.8 Å². The van der Waals surface area contributed by atoms with E-state index < -0.39 is 0 Å². The lowest BCUT2D eigenvalue weighted by molar-refractivity contribution is -0.122. The van der Waals surface area contributed by atoms with Gasteiger partial charge in [0.15, 0.2) is 11.5 Å². The Hall–Kier alpha value is -4.67. The summed E-state index contributed by atoms with van der Waals surface area (Å²) < 4.78 is 10.8. The number of rotatable bonds is 7.